The second-order valence-corrected chi connectivity index (χ2v) is 4.43. The van der Waals surface area contributed by atoms with Crippen molar-refractivity contribution in [2.75, 3.05) is 7.05 Å². The molecule has 0 aliphatic carbocycles. The Morgan fingerprint density at radius 2 is 2.05 bits per heavy atom. The number of aromatic nitrogens is 2. The maximum atomic E-state index is 4.92. The molecule has 114 valence electrons. The van der Waals surface area contributed by atoms with E-state index in [1.807, 2.05) is 18.2 Å². The molecule has 1 aromatic carbocycles. The van der Waals surface area contributed by atoms with E-state index >= 15 is 0 Å². The van der Waals surface area contributed by atoms with E-state index in [4.69, 9.17) is 4.52 Å². The number of nitrogens with one attached hydrogen (secondary N) is 2. The topological polar surface area (TPSA) is 75.3 Å². The van der Waals surface area contributed by atoms with E-state index in [1.54, 1.807) is 14.0 Å². The van der Waals surface area contributed by atoms with E-state index in [0.717, 1.165) is 0 Å². The molecule has 0 saturated heterocycles. The third-order valence-corrected chi connectivity index (χ3v) is 2.86. The average molecular weight is 401 g/mol. The van der Waals surface area contributed by atoms with Crippen LogP contribution in [0.15, 0.2) is 39.8 Å². The first-order chi connectivity index (χ1) is 9.69. The summed E-state index contributed by atoms with van der Waals surface area (Å²) in [6.07, 6.45) is 0. The van der Waals surface area contributed by atoms with Crippen molar-refractivity contribution in [2.45, 2.75) is 26.4 Å². The van der Waals surface area contributed by atoms with Gasteiger partial charge in [-0.3, -0.25) is 4.99 Å². The standard InChI is InChI=1S/C14H19N5O.HI/c1-10(12-7-5-4-6-8-12)17-14(15-3)16-9-13-18-11(2)20-19-13;/h4-8,10H,9H2,1-3H3,(H2,15,16,17);1H. The number of aliphatic imine (C=N–C) groups is 1. The van der Waals surface area contributed by atoms with Gasteiger partial charge in [0.25, 0.3) is 0 Å². The number of rotatable bonds is 4. The van der Waals surface area contributed by atoms with E-state index in [0.29, 0.717) is 24.2 Å². The highest BCUT2D eigenvalue weighted by atomic mass is 127. The Kier molecular flexibility index (Phi) is 7.13. The van der Waals surface area contributed by atoms with Gasteiger partial charge in [0.2, 0.25) is 5.89 Å². The molecule has 21 heavy (non-hydrogen) atoms. The first kappa shape index (κ1) is 17.4. The third-order valence-electron chi connectivity index (χ3n) is 2.86. The third kappa shape index (κ3) is 5.33. The Morgan fingerprint density at radius 3 is 2.62 bits per heavy atom. The molecule has 0 saturated carbocycles. The summed E-state index contributed by atoms with van der Waals surface area (Å²) in [6, 6.07) is 10.4. The molecule has 6 nitrogen and oxygen atoms in total. The lowest BCUT2D eigenvalue weighted by atomic mass is 10.1. The van der Waals surface area contributed by atoms with Crippen LogP contribution >= 0.6 is 24.0 Å². The summed E-state index contributed by atoms with van der Waals surface area (Å²) in [5.74, 6) is 1.86. The summed E-state index contributed by atoms with van der Waals surface area (Å²) < 4.78 is 4.92. The quantitative estimate of drug-likeness (QED) is 0.468. The molecule has 1 unspecified atom stereocenters. The maximum Gasteiger partial charge on any atom is 0.223 e. The summed E-state index contributed by atoms with van der Waals surface area (Å²) in [6.45, 7) is 4.32. The van der Waals surface area contributed by atoms with Gasteiger partial charge in [0.1, 0.15) is 0 Å². The number of aryl methyl sites for hydroxylation is 1. The summed E-state index contributed by atoms with van der Waals surface area (Å²) in [4.78, 5) is 8.31. The highest BCUT2D eigenvalue weighted by Crippen LogP contribution is 2.10. The van der Waals surface area contributed by atoms with Crippen molar-refractivity contribution >= 4 is 29.9 Å². The zero-order valence-corrected chi connectivity index (χ0v) is 14.7. The van der Waals surface area contributed by atoms with Crippen LogP contribution in [0.3, 0.4) is 0 Å². The Morgan fingerprint density at radius 1 is 1.33 bits per heavy atom. The van der Waals surface area contributed by atoms with Crippen molar-refractivity contribution in [1.82, 2.24) is 20.8 Å². The van der Waals surface area contributed by atoms with Gasteiger partial charge >= 0.3 is 0 Å². The van der Waals surface area contributed by atoms with Crippen molar-refractivity contribution in [1.29, 1.82) is 0 Å². The van der Waals surface area contributed by atoms with E-state index in [2.05, 4.69) is 44.8 Å². The molecule has 1 aromatic heterocycles. The van der Waals surface area contributed by atoms with Crippen LogP contribution in [0.5, 0.6) is 0 Å². The van der Waals surface area contributed by atoms with Gasteiger partial charge < -0.3 is 15.2 Å². The van der Waals surface area contributed by atoms with Crippen LogP contribution in [0.4, 0.5) is 0 Å². The number of guanidine groups is 1. The number of hydrogen-bond acceptors (Lipinski definition) is 4. The van der Waals surface area contributed by atoms with Gasteiger partial charge in [-0.2, -0.15) is 4.98 Å². The second-order valence-electron chi connectivity index (χ2n) is 4.43. The van der Waals surface area contributed by atoms with Gasteiger partial charge in [0.15, 0.2) is 11.8 Å². The summed E-state index contributed by atoms with van der Waals surface area (Å²) in [7, 11) is 1.73. The number of hydrogen-bond donors (Lipinski definition) is 2. The molecule has 0 fully saturated rings. The largest absolute Gasteiger partial charge is 0.350 e. The molecule has 1 heterocycles. The SMILES string of the molecule is CN=C(NCc1noc(C)n1)NC(C)c1ccccc1.I. The molecule has 0 amide bonds. The number of halogens is 1. The minimum atomic E-state index is 0. The Hall–Kier alpha value is -1.64. The van der Waals surface area contributed by atoms with Crippen molar-refractivity contribution in [3.63, 3.8) is 0 Å². The molecule has 2 N–H and O–H groups in total. The zero-order valence-electron chi connectivity index (χ0n) is 12.3. The van der Waals surface area contributed by atoms with Crippen LogP contribution in [0.1, 0.15) is 30.2 Å². The molecule has 2 rings (SSSR count). The van der Waals surface area contributed by atoms with Crippen molar-refractivity contribution in [2.24, 2.45) is 4.99 Å². The number of nitrogens with zero attached hydrogens (tertiary/aromatic N) is 3. The molecule has 0 bridgehead atoms. The lowest BCUT2D eigenvalue weighted by Crippen LogP contribution is -2.38. The van der Waals surface area contributed by atoms with Crippen LogP contribution in [0.25, 0.3) is 0 Å². The fourth-order valence-electron chi connectivity index (χ4n) is 1.80. The molecular weight excluding hydrogens is 381 g/mol. The monoisotopic (exact) mass is 401 g/mol. The minimum absolute atomic E-state index is 0. The van der Waals surface area contributed by atoms with Gasteiger partial charge in [-0.25, -0.2) is 0 Å². The first-order valence-electron chi connectivity index (χ1n) is 6.50. The van der Waals surface area contributed by atoms with Crippen LogP contribution in [0.2, 0.25) is 0 Å². The predicted molar refractivity (Wildman–Crippen MR) is 92.6 cm³/mol. The van der Waals surface area contributed by atoms with Crippen LogP contribution < -0.4 is 10.6 Å². The summed E-state index contributed by atoms with van der Waals surface area (Å²) in [5, 5.41) is 10.3. The molecule has 0 aliphatic heterocycles. The lowest BCUT2D eigenvalue weighted by Gasteiger charge is -2.17. The molecule has 7 heteroatoms. The van der Waals surface area contributed by atoms with E-state index in [1.165, 1.54) is 5.56 Å². The molecule has 0 spiro atoms. The average Bonchev–Trinajstić information content (AvgIpc) is 2.89. The zero-order chi connectivity index (χ0) is 14.4. The van der Waals surface area contributed by atoms with Crippen LogP contribution in [-0.2, 0) is 6.54 Å². The predicted octanol–water partition coefficient (Wildman–Crippen LogP) is 2.42. The van der Waals surface area contributed by atoms with Crippen LogP contribution in [-0.4, -0.2) is 23.1 Å². The molecular formula is C14H20IN5O. The van der Waals surface area contributed by atoms with Gasteiger partial charge in [-0.1, -0.05) is 35.5 Å². The molecule has 0 aliphatic rings. The highest BCUT2D eigenvalue weighted by molar-refractivity contribution is 14.0. The first-order valence-corrected chi connectivity index (χ1v) is 6.50. The summed E-state index contributed by atoms with van der Waals surface area (Å²) >= 11 is 0. The van der Waals surface area contributed by atoms with Crippen molar-refractivity contribution in [3.05, 3.63) is 47.6 Å². The Balaban J connectivity index is 0.00000220. The normalized spacial score (nSPS) is 12.4. The van der Waals surface area contributed by atoms with Gasteiger partial charge in [-0.05, 0) is 12.5 Å². The fraction of sp³-hybridized carbons (Fsp3) is 0.357. The van der Waals surface area contributed by atoms with Gasteiger partial charge in [0.05, 0.1) is 12.6 Å². The fourth-order valence-corrected chi connectivity index (χ4v) is 1.80. The van der Waals surface area contributed by atoms with E-state index in [-0.39, 0.29) is 30.0 Å². The van der Waals surface area contributed by atoms with Crippen molar-refractivity contribution < 1.29 is 4.52 Å². The van der Waals surface area contributed by atoms with Gasteiger partial charge in [0, 0.05) is 14.0 Å². The highest BCUT2D eigenvalue weighted by Gasteiger charge is 2.08. The molecule has 1 atom stereocenters. The maximum absolute atomic E-state index is 4.92. The Bertz CT molecular complexity index is 570. The second kappa shape index (κ2) is 8.60. The minimum Gasteiger partial charge on any atom is -0.350 e. The smallest absolute Gasteiger partial charge is 0.223 e. The molecule has 2 aromatic rings. The van der Waals surface area contributed by atoms with E-state index < -0.39 is 0 Å². The van der Waals surface area contributed by atoms with Crippen molar-refractivity contribution in [3.8, 4) is 0 Å². The molecule has 0 radical (unpaired) electrons. The van der Waals surface area contributed by atoms with Gasteiger partial charge in [-0.15, -0.1) is 24.0 Å². The lowest BCUT2D eigenvalue weighted by molar-refractivity contribution is 0.386. The summed E-state index contributed by atoms with van der Waals surface area (Å²) in [5.41, 5.74) is 1.20. The Labute approximate surface area is 141 Å². The number of benzene rings is 1. The van der Waals surface area contributed by atoms with Crippen LogP contribution in [0, 0.1) is 6.92 Å². The van der Waals surface area contributed by atoms with E-state index in [9.17, 15) is 0 Å².